The van der Waals surface area contributed by atoms with Crippen molar-refractivity contribution in [1.82, 2.24) is 8.87 Å². The first-order valence-corrected chi connectivity index (χ1v) is 8.26. The van der Waals surface area contributed by atoms with Crippen molar-refractivity contribution in [2.24, 2.45) is 0 Å². The maximum atomic E-state index is 12.5. The lowest BCUT2D eigenvalue weighted by molar-refractivity contribution is 0.0685. The number of aromatic nitrogens is 1. The summed E-state index contributed by atoms with van der Waals surface area (Å²) in [6.07, 6.45) is 3.09. The number of sulfonamides is 1. The average molecular weight is 302 g/mol. The van der Waals surface area contributed by atoms with Crippen LogP contribution in [0.1, 0.15) is 44.1 Å². The van der Waals surface area contributed by atoms with Gasteiger partial charge in [-0.15, -0.1) is 0 Å². The van der Waals surface area contributed by atoms with Crippen molar-refractivity contribution in [3.8, 4) is 0 Å². The van der Waals surface area contributed by atoms with Gasteiger partial charge in [0.1, 0.15) is 10.6 Å². The summed E-state index contributed by atoms with van der Waals surface area (Å²) >= 11 is 0. The number of aryl methyl sites for hydroxylation is 1. The molecule has 0 fully saturated rings. The van der Waals surface area contributed by atoms with Crippen LogP contribution in [0.15, 0.2) is 17.2 Å². The van der Waals surface area contributed by atoms with Gasteiger partial charge in [-0.1, -0.05) is 20.3 Å². The number of carboxylic acid groups (broad SMARTS) is 1. The second-order valence-corrected chi connectivity index (χ2v) is 6.44. The van der Waals surface area contributed by atoms with Crippen LogP contribution in [0.5, 0.6) is 0 Å². The molecular formula is C13H22N2O4S. The predicted molar refractivity (Wildman–Crippen MR) is 76.4 cm³/mol. The van der Waals surface area contributed by atoms with Gasteiger partial charge >= 0.3 is 5.97 Å². The highest BCUT2D eigenvalue weighted by Crippen LogP contribution is 2.19. The van der Waals surface area contributed by atoms with E-state index in [1.54, 1.807) is 13.8 Å². The van der Waals surface area contributed by atoms with Crippen LogP contribution in [0.3, 0.4) is 0 Å². The Labute approximate surface area is 120 Å². The molecule has 0 aliphatic heterocycles. The second kappa shape index (κ2) is 6.90. The molecule has 7 heteroatoms. The van der Waals surface area contributed by atoms with E-state index in [1.165, 1.54) is 21.1 Å². The third kappa shape index (κ3) is 3.40. The number of unbranched alkanes of at least 4 members (excludes halogenated alkanes) is 1. The highest BCUT2D eigenvalue weighted by molar-refractivity contribution is 7.89. The summed E-state index contributed by atoms with van der Waals surface area (Å²) in [5, 5.41) is 9.08. The van der Waals surface area contributed by atoms with E-state index in [0.717, 1.165) is 12.8 Å². The lowest BCUT2D eigenvalue weighted by Crippen LogP contribution is -2.31. The summed E-state index contributed by atoms with van der Waals surface area (Å²) in [5.74, 6) is -1.12. The van der Waals surface area contributed by atoms with Crippen LogP contribution in [0.4, 0.5) is 0 Å². The lowest BCUT2D eigenvalue weighted by Gasteiger charge is -2.19. The van der Waals surface area contributed by atoms with Crippen LogP contribution in [-0.2, 0) is 16.6 Å². The van der Waals surface area contributed by atoms with E-state index in [-0.39, 0.29) is 10.6 Å². The van der Waals surface area contributed by atoms with Gasteiger partial charge < -0.3 is 9.67 Å². The fourth-order valence-electron chi connectivity index (χ4n) is 2.00. The molecule has 0 spiro atoms. The fourth-order valence-corrected chi connectivity index (χ4v) is 3.53. The molecule has 1 aromatic rings. The fraction of sp³-hybridized carbons (Fsp3) is 0.615. The van der Waals surface area contributed by atoms with Crippen molar-refractivity contribution in [3.63, 3.8) is 0 Å². The molecule has 1 N–H and O–H groups in total. The average Bonchev–Trinajstić information content (AvgIpc) is 2.84. The van der Waals surface area contributed by atoms with Gasteiger partial charge in [-0.25, -0.2) is 13.2 Å². The van der Waals surface area contributed by atoms with E-state index < -0.39 is 16.0 Å². The van der Waals surface area contributed by atoms with E-state index >= 15 is 0 Å². The summed E-state index contributed by atoms with van der Waals surface area (Å²) < 4.78 is 27.8. The minimum Gasteiger partial charge on any atom is -0.477 e. The molecule has 20 heavy (non-hydrogen) atoms. The first kappa shape index (κ1) is 16.7. The summed E-state index contributed by atoms with van der Waals surface area (Å²) in [5.41, 5.74) is -0.00220. The quantitative estimate of drug-likeness (QED) is 0.796. The van der Waals surface area contributed by atoms with Crippen molar-refractivity contribution in [2.75, 3.05) is 13.1 Å². The summed E-state index contributed by atoms with van der Waals surface area (Å²) in [6.45, 7) is 6.80. The normalized spacial score (nSPS) is 12.0. The Bertz CT molecular complexity index is 563. The number of aromatic carboxylic acids is 1. The molecule has 0 aliphatic rings. The molecule has 0 atom stereocenters. The van der Waals surface area contributed by atoms with E-state index in [2.05, 4.69) is 0 Å². The molecule has 0 amide bonds. The standard InChI is InChI=1S/C13H22N2O4S/c1-4-7-8-15(6-3)20(18,19)11-9-12(13(16)17)14(5-2)10-11/h9-10H,4-8H2,1-3H3,(H,16,17). The van der Waals surface area contributed by atoms with E-state index in [1.807, 2.05) is 6.92 Å². The monoisotopic (exact) mass is 302 g/mol. The Hall–Kier alpha value is -1.34. The zero-order valence-electron chi connectivity index (χ0n) is 12.2. The zero-order valence-corrected chi connectivity index (χ0v) is 13.0. The van der Waals surface area contributed by atoms with Gasteiger partial charge in [-0.2, -0.15) is 4.31 Å². The molecule has 1 aromatic heterocycles. The number of rotatable bonds is 8. The molecule has 0 saturated heterocycles. The van der Waals surface area contributed by atoms with Gasteiger partial charge in [0.15, 0.2) is 0 Å². The molecule has 0 aromatic carbocycles. The molecule has 0 aliphatic carbocycles. The van der Waals surface area contributed by atoms with Crippen LogP contribution >= 0.6 is 0 Å². The smallest absolute Gasteiger partial charge is 0.352 e. The molecule has 0 radical (unpaired) electrons. The zero-order chi connectivity index (χ0) is 15.3. The van der Waals surface area contributed by atoms with Gasteiger partial charge in [0.25, 0.3) is 0 Å². The molecule has 0 unspecified atom stereocenters. The highest BCUT2D eigenvalue weighted by atomic mass is 32.2. The highest BCUT2D eigenvalue weighted by Gasteiger charge is 2.26. The van der Waals surface area contributed by atoms with Gasteiger partial charge in [0, 0.05) is 25.8 Å². The molecule has 6 nitrogen and oxygen atoms in total. The topological polar surface area (TPSA) is 79.6 Å². The molecule has 114 valence electrons. The Balaban J connectivity index is 3.17. The molecular weight excluding hydrogens is 280 g/mol. The number of nitrogens with zero attached hydrogens (tertiary/aromatic N) is 2. The number of carbonyl (C=O) groups is 1. The third-order valence-corrected chi connectivity index (χ3v) is 5.12. The van der Waals surface area contributed by atoms with Crippen molar-refractivity contribution < 1.29 is 18.3 Å². The first-order chi connectivity index (χ1) is 9.38. The van der Waals surface area contributed by atoms with E-state index in [4.69, 9.17) is 5.11 Å². The SMILES string of the molecule is CCCCN(CC)S(=O)(=O)c1cc(C(=O)O)n(CC)c1. The molecule has 0 saturated carbocycles. The minimum absolute atomic E-state index is 0.00220. The molecule has 1 rings (SSSR count). The molecule has 1 heterocycles. The summed E-state index contributed by atoms with van der Waals surface area (Å²) in [6, 6.07) is 1.23. The molecule has 0 bridgehead atoms. The van der Waals surface area contributed by atoms with Crippen molar-refractivity contribution in [3.05, 3.63) is 18.0 Å². The van der Waals surface area contributed by atoms with Gasteiger partial charge in [-0.05, 0) is 19.4 Å². The first-order valence-electron chi connectivity index (χ1n) is 6.82. The Morgan fingerprint density at radius 2 is 2.00 bits per heavy atom. The Morgan fingerprint density at radius 3 is 2.40 bits per heavy atom. The van der Waals surface area contributed by atoms with Crippen LogP contribution in [0.2, 0.25) is 0 Å². The lowest BCUT2D eigenvalue weighted by atomic mass is 10.3. The van der Waals surface area contributed by atoms with Crippen molar-refractivity contribution >= 4 is 16.0 Å². The summed E-state index contributed by atoms with van der Waals surface area (Å²) in [4.78, 5) is 11.2. The van der Waals surface area contributed by atoms with Crippen LogP contribution in [0.25, 0.3) is 0 Å². The van der Waals surface area contributed by atoms with Gasteiger partial charge in [0.2, 0.25) is 10.0 Å². The van der Waals surface area contributed by atoms with Crippen LogP contribution in [0, 0.1) is 0 Å². The maximum Gasteiger partial charge on any atom is 0.352 e. The number of carboxylic acids is 1. The van der Waals surface area contributed by atoms with E-state index in [9.17, 15) is 13.2 Å². The van der Waals surface area contributed by atoms with Gasteiger partial charge in [-0.3, -0.25) is 0 Å². The number of hydrogen-bond donors (Lipinski definition) is 1. The third-order valence-electron chi connectivity index (χ3n) is 3.18. The predicted octanol–water partition coefficient (Wildman–Crippen LogP) is 2.02. The van der Waals surface area contributed by atoms with Crippen molar-refractivity contribution in [2.45, 2.75) is 45.1 Å². The second-order valence-electron chi connectivity index (χ2n) is 4.50. The van der Waals surface area contributed by atoms with Gasteiger partial charge in [0.05, 0.1) is 0 Å². The van der Waals surface area contributed by atoms with Crippen molar-refractivity contribution in [1.29, 1.82) is 0 Å². The minimum atomic E-state index is -3.62. The summed E-state index contributed by atoms with van der Waals surface area (Å²) in [7, 11) is -3.62. The van der Waals surface area contributed by atoms with Crippen LogP contribution in [-0.4, -0.2) is 41.5 Å². The Morgan fingerprint density at radius 1 is 1.35 bits per heavy atom. The largest absolute Gasteiger partial charge is 0.477 e. The maximum absolute atomic E-state index is 12.5. The van der Waals surface area contributed by atoms with E-state index in [0.29, 0.717) is 19.6 Å². The number of hydrogen-bond acceptors (Lipinski definition) is 3. The Kier molecular flexibility index (Phi) is 5.76. The van der Waals surface area contributed by atoms with Crippen LogP contribution < -0.4 is 0 Å².